The molecule has 0 spiro atoms. The third kappa shape index (κ3) is 3.81. The van der Waals surface area contributed by atoms with Gasteiger partial charge in [0.2, 0.25) is 0 Å². The van der Waals surface area contributed by atoms with Crippen molar-refractivity contribution in [3.05, 3.63) is 53.0 Å². The maximum absolute atomic E-state index is 12.3. The van der Waals surface area contributed by atoms with Gasteiger partial charge in [0.25, 0.3) is 5.91 Å². The van der Waals surface area contributed by atoms with E-state index in [1.807, 2.05) is 31.2 Å². The van der Waals surface area contributed by atoms with Crippen LogP contribution in [0.3, 0.4) is 0 Å². The van der Waals surface area contributed by atoms with E-state index in [0.29, 0.717) is 24.1 Å². The first-order valence-corrected chi connectivity index (χ1v) is 7.56. The summed E-state index contributed by atoms with van der Waals surface area (Å²) in [6, 6.07) is 10.3. The van der Waals surface area contributed by atoms with E-state index >= 15 is 0 Å². The minimum Gasteiger partial charge on any atom is -0.367 e. The molecule has 1 aromatic carbocycles. The average Bonchev–Trinajstić information content (AvgIpc) is 3.29. The first kappa shape index (κ1) is 14.5. The number of nitrogens with one attached hydrogen (secondary N) is 2. The van der Waals surface area contributed by atoms with Crippen LogP contribution in [0, 0.1) is 13.8 Å². The highest BCUT2D eigenvalue weighted by molar-refractivity contribution is 5.92. The van der Waals surface area contributed by atoms with E-state index in [-0.39, 0.29) is 5.91 Å². The lowest BCUT2D eigenvalue weighted by Gasteiger charge is -2.08. The van der Waals surface area contributed by atoms with E-state index < -0.39 is 0 Å². The maximum Gasteiger partial charge on any atom is 0.270 e. The summed E-state index contributed by atoms with van der Waals surface area (Å²) in [6.45, 7) is 4.34. The van der Waals surface area contributed by atoms with Crippen molar-refractivity contribution >= 4 is 11.7 Å². The molecular weight excluding hydrogens is 276 g/mol. The molecule has 1 aliphatic carbocycles. The highest BCUT2D eigenvalue weighted by Crippen LogP contribution is 2.23. The van der Waals surface area contributed by atoms with Crippen LogP contribution >= 0.6 is 0 Å². The summed E-state index contributed by atoms with van der Waals surface area (Å²) in [7, 11) is 0. The Morgan fingerprint density at radius 2 is 1.91 bits per heavy atom. The van der Waals surface area contributed by atoms with Crippen LogP contribution in [-0.4, -0.2) is 21.9 Å². The molecule has 0 saturated heterocycles. The van der Waals surface area contributed by atoms with Crippen molar-refractivity contribution in [3.63, 3.8) is 0 Å². The molecule has 114 valence electrons. The van der Waals surface area contributed by atoms with Gasteiger partial charge < -0.3 is 10.6 Å². The second-order valence-electron chi connectivity index (χ2n) is 5.77. The molecule has 1 heterocycles. The Morgan fingerprint density at radius 3 is 2.59 bits per heavy atom. The number of benzene rings is 1. The molecule has 0 bridgehead atoms. The quantitative estimate of drug-likeness (QED) is 0.890. The molecular formula is C17H20N4O. The van der Waals surface area contributed by atoms with Crippen LogP contribution in [0.4, 0.5) is 5.82 Å². The van der Waals surface area contributed by atoms with Crippen molar-refractivity contribution in [2.45, 2.75) is 39.3 Å². The fraction of sp³-hybridized carbons (Fsp3) is 0.353. The van der Waals surface area contributed by atoms with Gasteiger partial charge in [-0.3, -0.25) is 4.79 Å². The third-order valence-electron chi connectivity index (χ3n) is 3.57. The molecule has 22 heavy (non-hydrogen) atoms. The first-order chi connectivity index (χ1) is 10.6. The molecule has 5 heteroatoms. The van der Waals surface area contributed by atoms with Gasteiger partial charge in [-0.15, -0.1) is 0 Å². The minimum absolute atomic E-state index is 0.176. The van der Waals surface area contributed by atoms with Gasteiger partial charge in [-0.1, -0.05) is 29.8 Å². The van der Waals surface area contributed by atoms with Crippen molar-refractivity contribution in [3.8, 4) is 0 Å². The molecule has 0 aliphatic heterocycles. The van der Waals surface area contributed by atoms with E-state index in [0.717, 1.165) is 24.2 Å². The van der Waals surface area contributed by atoms with Crippen LogP contribution in [0.5, 0.6) is 0 Å². The van der Waals surface area contributed by atoms with Gasteiger partial charge in [-0.2, -0.15) is 0 Å². The summed E-state index contributed by atoms with van der Waals surface area (Å²) in [5, 5.41) is 6.20. The number of amides is 1. The lowest BCUT2D eigenvalue weighted by molar-refractivity contribution is 0.0945. The van der Waals surface area contributed by atoms with Crippen LogP contribution < -0.4 is 10.6 Å². The van der Waals surface area contributed by atoms with Crippen molar-refractivity contribution < 1.29 is 4.79 Å². The van der Waals surface area contributed by atoms with Crippen LogP contribution in [0.2, 0.25) is 0 Å². The highest BCUT2D eigenvalue weighted by atomic mass is 16.1. The van der Waals surface area contributed by atoms with Crippen molar-refractivity contribution in [1.82, 2.24) is 15.3 Å². The molecule has 0 atom stereocenters. The predicted molar refractivity (Wildman–Crippen MR) is 85.8 cm³/mol. The van der Waals surface area contributed by atoms with Crippen molar-refractivity contribution in [1.29, 1.82) is 0 Å². The number of hydrogen-bond acceptors (Lipinski definition) is 4. The number of rotatable bonds is 5. The SMILES string of the molecule is Cc1ccc(CNC(=O)c2cc(NC3CC3)nc(C)n2)cc1. The first-order valence-electron chi connectivity index (χ1n) is 7.56. The number of carbonyl (C=O) groups excluding carboxylic acids is 1. The topological polar surface area (TPSA) is 66.9 Å². The molecule has 1 fully saturated rings. The molecule has 1 amide bonds. The Kier molecular flexibility index (Phi) is 4.04. The summed E-state index contributed by atoms with van der Waals surface area (Å²) in [6.07, 6.45) is 2.33. The normalized spacial score (nSPS) is 13.7. The Labute approximate surface area is 130 Å². The van der Waals surface area contributed by atoms with Crippen LogP contribution in [0.25, 0.3) is 0 Å². The predicted octanol–water partition coefficient (Wildman–Crippen LogP) is 2.60. The maximum atomic E-state index is 12.3. The van der Waals surface area contributed by atoms with Gasteiger partial charge in [0, 0.05) is 18.7 Å². The van der Waals surface area contributed by atoms with E-state index in [1.54, 1.807) is 13.0 Å². The second kappa shape index (κ2) is 6.13. The largest absolute Gasteiger partial charge is 0.367 e. The lowest BCUT2D eigenvalue weighted by Crippen LogP contribution is -2.24. The zero-order chi connectivity index (χ0) is 15.5. The number of anilines is 1. The number of carbonyl (C=O) groups is 1. The Morgan fingerprint density at radius 1 is 1.18 bits per heavy atom. The van der Waals surface area contributed by atoms with Crippen LogP contribution in [0.1, 0.15) is 40.3 Å². The number of aromatic nitrogens is 2. The molecule has 3 rings (SSSR count). The lowest BCUT2D eigenvalue weighted by atomic mass is 10.1. The molecule has 1 aliphatic rings. The Hall–Kier alpha value is -2.43. The van der Waals surface area contributed by atoms with E-state index in [4.69, 9.17) is 0 Å². The van der Waals surface area contributed by atoms with E-state index in [2.05, 4.69) is 20.6 Å². The summed E-state index contributed by atoms with van der Waals surface area (Å²) in [5.41, 5.74) is 2.68. The molecule has 2 aromatic rings. The van der Waals surface area contributed by atoms with Gasteiger partial charge in [0.05, 0.1) is 0 Å². The molecule has 1 aromatic heterocycles. The van der Waals surface area contributed by atoms with Crippen molar-refractivity contribution in [2.75, 3.05) is 5.32 Å². The average molecular weight is 296 g/mol. The van der Waals surface area contributed by atoms with E-state index in [1.165, 1.54) is 5.56 Å². The van der Waals surface area contributed by atoms with Gasteiger partial charge in [-0.05, 0) is 32.3 Å². The summed E-state index contributed by atoms with van der Waals surface area (Å²) < 4.78 is 0. The summed E-state index contributed by atoms with van der Waals surface area (Å²) >= 11 is 0. The fourth-order valence-corrected chi connectivity index (χ4v) is 2.17. The number of aryl methyl sites for hydroxylation is 2. The smallest absolute Gasteiger partial charge is 0.270 e. The Bertz CT molecular complexity index is 678. The zero-order valence-electron chi connectivity index (χ0n) is 12.9. The Balaban J connectivity index is 1.65. The molecule has 0 radical (unpaired) electrons. The standard InChI is InChI=1S/C17H20N4O/c1-11-3-5-13(6-4-11)10-18-17(22)15-9-16(20-12(2)19-15)21-14-7-8-14/h3-6,9,14H,7-8,10H2,1-2H3,(H,18,22)(H,19,20,21). The molecule has 1 saturated carbocycles. The van der Waals surface area contributed by atoms with Gasteiger partial charge in [0.15, 0.2) is 0 Å². The van der Waals surface area contributed by atoms with Gasteiger partial charge in [-0.25, -0.2) is 9.97 Å². The number of nitrogens with zero attached hydrogens (tertiary/aromatic N) is 2. The van der Waals surface area contributed by atoms with Crippen LogP contribution in [-0.2, 0) is 6.54 Å². The van der Waals surface area contributed by atoms with Crippen molar-refractivity contribution in [2.24, 2.45) is 0 Å². The molecule has 5 nitrogen and oxygen atoms in total. The van der Waals surface area contributed by atoms with Crippen LogP contribution in [0.15, 0.2) is 30.3 Å². The summed E-state index contributed by atoms with van der Waals surface area (Å²) in [4.78, 5) is 20.8. The number of hydrogen-bond donors (Lipinski definition) is 2. The molecule has 2 N–H and O–H groups in total. The fourth-order valence-electron chi connectivity index (χ4n) is 2.17. The van der Waals surface area contributed by atoms with E-state index in [9.17, 15) is 4.79 Å². The third-order valence-corrected chi connectivity index (χ3v) is 3.57. The second-order valence-corrected chi connectivity index (χ2v) is 5.77. The van der Waals surface area contributed by atoms with Gasteiger partial charge >= 0.3 is 0 Å². The monoisotopic (exact) mass is 296 g/mol. The summed E-state index contributed by atoms with van der Waals surface area (Å²) in [5.74, 6) is 1.16. The van der Waals surface area contributed by atoms with Gasteiger partial charge in [0.1, 0.15) is 17.3 Å². The molecule has 0 unspecified atom stereocenters. The highest BCUT2D eigenvalue weighted by Gasteiger charge is 2.22. The minimum atomic E-state index is -0.176. The zero-order valence-corrected chi connectivity index (χ0v) is 12.9.